The number of halogens is 2. The van der Waals surface area contributed by atoms with E-state index in [2.05, 4.69) is 0 Å². The monoisotopic (exact) mass is 278 g/mol. The minimum atomic E-state index is 0.359. The minimum Gasteiger partial charge on any atom is -0.456 e. The molecule has 0 spiro atoms. The van der Waals surface area contributed by atoms with Crippen molar-refractivity contribution >= 4 is 28.9 Å². The summed E-state index contributed by atoms with van der Waals surface area (Å²) in [4.78, 5) is 0. The topological polar surface area (TPSA) is 59.0 Å². The van der Waals surface area contributed by atoms with Crippen molar-refractivity contribution in [2.45, 2.75) is 0 Å². The summed E-state index contributed by atoms with van der Waals surface area (Å²) in [6.45, 7) is 0. The van der Waals surface area contributed by atoms with Gasteiger partial charge in [0.05, 0.1) is 10.6 Å². The molecule has 0 atom stereocenters. The highest BCUT2D eigenvalue weighted by molar-refractivity contribution is 6.35. The van der Waals surface area contributed by atoms with Crippen molar-refractivity contribution in [2.24, 2.45) is 0 Å². The number of rotatable bonds is 2. The van der Waals surface area contributed by atoms with Crippen LogP contribution in [-0.2, 0) is 0 Å². The lowest BCUT2D eigenvalue weighted by molar-refractivity contribution is 0.483. The van der Waals surface area contributed by atoms with E-state index in [0.717, 1.165) is 0 Å². The number of ether oxygens (including phenoxy) is 1. The van der Waals surface area contributed by atoms with Gasteiger partial charge in [-0.25, -0.2) is 0 Å². The molecule has 5 heteroatoms. The smallest absolute Gasteiger partial charge is 0.146 e. The van der Waals surface area contributed by atoms with E-state index < -0.39 is 0 Å². The lowest BCUT2D eigenvalue weighted by Crippen LogP contribution is -1.92. The summed E-state index contributed by atoms with van der Waals surface area (Å²) >= 11 is 11.8. The average Bonchev–Trinajstić information content (AvgIpc) is 2.35. The molecule has 2 aromatic carbocycles. The molecule has 0 aliphatic carbocycles. The molecule has 3 nitrogen and oxygen atoms in total. The quantitative estimate of drug-likeness (QED) is 0.836. The number of anilines is 1. The van der Waals surface area contributed by atoms with E-state index in [1.165, 1.54) is 0 Å². The van der Waals surface area contributed by atoms with Gasteiger partial charge in [0.15, 0.2) is 0 Å². The molecule has 0 fully saturated rings. The Morgan fingerprint density at radius 2 is 1.89 bits per heavy atom. The lowest BCUT2D eigenvalue weighted by atomic mass is 10.2. The molecule has 0 aromatic heterocycles. The lowest BCUT2D eigenvalue weighted by Gasteiger charge is -2.08. The van der Waals surface area contributed by atoms with Crippen molar-refractivity contribution in [3.05, 3.63) is 52.0 Å². The van der Waals surface area contributed by atoms with Gasteiger partial charge in [-0.15, -0.1) is 0 Å². The predicted octanol–water partition coefficient (Wildman–Crippen LogP) is 4.24. The number of nitrogen functional groups attached to an aromatic ring is 1. The Balaban J connectivity index is 2.32. The molecule has 18 heavy (non-hydrogen) atoms. The third-order valence-electron chi connectivity index (χ3n) is 2.27. The summed E-state index contributed by atoms with van der Waals surface area (Å²) in [5.41, 5.74) is 6.39. The maximum Gasteiger partial charge on any atom is 0.146 e. The van der Waals surface area contributed by atoms with E-state index in [4.69, 9.17) is 38.9 Å². The number of benzene rings is 2. The number of hydrogen-bond acceptors (Lipinski definition) is 3. The highest BCUT2D eigenvalue weighted by Crippen LogP contribution is 2.32. The molecule has 0 aliphatic rings. The Hall–Kier alpha value is -1.89. The molecule has 0 unspecified atom stereocenters. The van der Waals surface area contributed by atoms with E-state index in [-0.39, 0.29) is 0 Å². The predicted molar refractivity (Wildman–Crippen MR) is 72.1 cm³/mol. The molecule has 0 bridgehead atoms. The van der Waals surface area contributed by atoms with Crippen molar-refractivity contribution in [3.63, 3.8) is 0 Å². The zero-order valence-corrected chi connectivity index (χ0v) is 10.7. The van der Waals surface area contributed by atoms with Gasteiger partial charge >= 0.3 is 0 Å². The maximum atomic E-state index is 8.87. The van der Waals surface area contributed by atoms with Crippen molar-refractivity contribution in [1.82, 2.24) is 0 Å². The Labute approximate surface area is 114 Å². The first kappa shape index (κ1) is 12.6. The summed E-state index contributed by atoms with van der Waals surface area (Å²) < 4.78 is 5.56. The number of hydrogen-bond donors (Lipinski definition) is 1. The van der Waals surface area contributed by atoms with Gasteiger partial charge in [-0.1, -0.05) is 23.2 Å². The van der Waals surface area contributed by atoms with Crippen LogP contribution in [-0.4, -0.2) is 0 Å². The van der Waals surface area contributed by atoms with Crippen LogP contribution in [0.15, 0.2) is 36.4 Å². The van der Waals surface area contributed by atoms with E-state index in [1.807, 2.05) is 6.07 Å². The molecule has 0 aliphatic heterocycles. The van der Waals surface area contributed by atoms with Crippen LogP contribution >= 0.6 is 23.2 Å². The van der Waals surface area contributed by atoms with Gasteiger partial charge in [-0.2, -0.15) is 5.26 Å². The van der Waals surface area contributed by atoms with Crippen molar-refractivity contribution < 1.29 is 4.74 Å². The Morgan fingerprint density at radius 1 is 1.11 bits per heavy atom. The first-order chi connectivity index (χ1) is 8.60. The van der Waals surface area contributed by atoms with Gasteiger partial charge in [0, 0.05) is 16.8 Å². The summed E-state index contributed by atoms with van der Waals surface area (Å²) in [7, 11) is 0. The van der Waals surface area contributed by atoms with E-state index in [9.17, 15) is 0 Å². The zero-order valence-electron chi connectivity index (χ0n) is 9.15. The fraction of sp³-hybridized carbons (Fsp3) is 0. The van der Waals surface area contributed by atoms with E-state index in [1.54, 1.807) is 36.4 Å². The number of nitrogens with zero attached hydrogens (tertiary/aromatic N) is 1. The van der Waals surface area contributed by atoms with E-state index >= 15 is 0 Å². The number of nitriles is 1. The first-order valence-corrected chi connectivity index (χ1v) is 5.78. The SMILES string of the molecule is N#Cc1cc(Oc2ccc(Cl)cc2Cl)ccc1N. The van der Waals surface area contributed by atoms with Gasteiger partial charge in [0.25, 0.3) is 0 Å². The summed E-state index contributed by atoms with van der Waals surface area (Å²) in [5, 5.41) is 9.80. The maximum absolute atomic E-state index is 8.87. The van der Waals surface area contributed by atoms with Gasteiger partial charge in [-0.05, 0) is 30.3 Å². The molecule has 2 N–H and O–H groups in total. The second-order valence-electron chi connectivity index (χ2n) is 3.54. The molecule has 0 radical (unpaired) electrons. The second kappa shape index (κ2) is 5.18. The van der Waals surface area contributed by atoms with Crippen molar-refractivity contribution in [2.75, 3.05) is 5.73 Å². The van der Waals surface area contributed by atoms with Gasteiger partial charge < -0.3 is 10.5 Å². The van der Waals surface area contributed by atoms with Crippen LogP contribution < -0.4 is 10.5 Å². The molecule has 2 aromatic rings. The summed E-state index contributed by atoms with van der Waals surface area (Å²) in [5.74, 6) is 0.958. The Kier molecular flexibility index (Phi) is 3.61. The molecule has 0 heterocycles. The molecule has 90 valence electrons. The van der Waals surface area contributed by atoms with Gasteiger partial charge in [0.2, 0.25) is 0 Å². The van der Waals surface area contributed by atoms with Crippen LogP contribution in [0.4, 0.5) is 5.69 Å². The summed E-state index contributed by atoms with van der Waals surface area (Å²) in [6.07, 6.45) is 0. The van der Waals surface area contributed by atoms with Crippen LogP contribution in [0, 0.1) is 11.3 Å². The molecular formula is C13H8Cl2N2O. The first-order valence-electron chi connectivity index (χ1n) is 5.02. The Bertz CT molecular complexity index is 635. The van der Waals surface area contributed by atoms with E-state index in [0.29, 0.717) is 32.8 Å². The minimum absolute atomic E-state index is 0.359. The normalized spacial score (nSPS) is 9.83. The zero-order chi connectivity index (χ0) is 13.1. The highest BCUT2D eigenvalue weighted by atomic mass is 35.5. The molecule has 0 amide bonds. The van der Waals surface area contributed by atoms with Crippen molar-refractivity contribution in [3.8, 4) is 17.6 Å². The third kappa shape index (κ3) is 2.67. The fourth-order valence-corrected chi connectivity index (χ4v) is 1.83. The fourth-order valence-electron chi connectivity index (χ4n) is 1.38. The molecule has 2 rings (SSSR count). The van der Waals surface area contributed by atoms with Gasteiger partial charge in [-0.3, -0.25) is 0 Å². The third-order valence-corrected chi connectivity index (χ3v) is 2.80. The van der Waals surface area contributed by atoms with Gasteiger partial charge in [0.1, 0.15) is 17.6 Å². The van der Waals surface area contributed by atoms with Crippen LogP contribution in [0.25, 0.3) is 0 Å². The Morgan fingerprint density at radius 3 is 2.56 bits per heavy atom. The van der Waals surface area contributed by atoms with Crippen LogP contribution in [0.1, 0.15) is 5.56 Å². The highest BCUT2D eigenvalue weighted by Gasteiger charge is 2.06. The van der Waals surface area contributed by atoms with Crippen LogP contribution in [0.5, 0.6) is 11.5 Å². The average molecular weight is 279 g/mol. The largest absolute Gasteiger partial charge is 0.456 e. The number of nitrogens with two attached hydrogens (primary N) is 1. The van der Waals surface area contributed by atoms with Crippen LogP contribution in [0.2, 0.25) is 10.0 Å². The molecule has 0 saturated heterocycles. The standard InChI is InChI=1S/C13H8Cl2N2O/c14-9-1-4-13(11(15)6-9)18-10-2-3-12(17)8(5-10)7-16/h1-6H,17H2. The van der Waals surface area contributed by atoms with Crippen LogP contribution in [0.3, 0.4) is 0 Å². The summed E-state index contributed by atoms with van der Waals surface area (Å²) in [6, 6.07) is 11.7. The second-order valence-corrected chi connectivity index (χ2v) is 4.38. The molecule has 0 saturated carbocycles. The molecular weight excluding hydrogens is 271 g/mol. The van der Waals surface area contributed by atoms with Crippen molar-refractivity contribution in [1.29, 1.82) is 5.26 Å².